The highest BCUT2D eigenvalue weighted by Gasteiger charge is 2.25. The molecule has 0 unspecified atom stereocenters. The van der Waals surface area contributed by atoms with Gasteiger partial charge in [0.1, 0.15) is 0 Å². The lowest BCUT2D eigenvalue weighted by molar-refractivity contribution is 0.168. The molecule has 5 rings (SSSR count). The third kappa shape index (κ3) is 6.28. The van der Waals surface area contributed by atoms with Crippen molar-refractivity contribution in [3.05, 3.63) is 130 Å². The molecule has 38 heavy (non-hydrogen) atoms. The minimum Gasteiger partial charge on any atom is -0.372 e. The summed E-state index contributed by atoms with van der Waals surface area (Å²) in [6.07, 6.45) is 8.04. The van der Waals surface area contributed by atoms with Crippen molar-refractivity contribution in [1.82, 2.24) is 0 Å². The van der Waals surface area contributed by atoms with Gasteiger partial charge in [-0.2, -0.15) is 0 Å². The molecule has 2 aromatic rings. The van der Waals surface area contributed by atoms with Crippen LogP contribution >= 0.6 is 11.6 Å². The van der Waals surface area contributed by atoms with Gasteiger partial charge in [-0.1, -0.05) is 72.8 Å². The number of para-hydroxylation sites is 2. The molecule has 0 spiro atoms. The van der Waals surface area contributed by atoms with Crippen LogP contribution in [0.2, 0.25) is 0 Å². The van der Waals surface area contributed by atoms with E-state index in [1.54, 1.807) is 0 Å². The summed E-state index contributed by atoms with van der Waals surface area (Å²) < 4.78 is 17.5. The van der Waals surface area contributed by atoms with Crippen LogP contribution in [0.25, 0.3) is 0 Å². The molecule has 0 saturated heterocycles. The Morgan fingerprint density at radius 3 is 2.05 bits per heavy atom. The zero-order chi connectivity index (χ0) is 26.3. The predicted octanol–water partition coefficient (Wildman–Crippen LogP) is 7.80. The Kier molecular flexibility index (Phi) is 8.77. The summed E-state index contributed by atoms with van der Waals surface area (Å²) in [4.78, 5) is 2.28. The second-order valence-corrected chi connectivity index (χ2v) is 10.2. The number of benzene rings is 2. The van der Waals surface area contributed by atoms with Gasteiger partial charge in [0, 0.05) is 16.4 Å². The van der Waals surface area contributed by atoms with Crippen LogP contribution in [-0.4, -0.2) is 39.6 Å². The number of hydrogen-bond acceptors (Lipinski definition) is 4. The fraction of sp³-hybridized carbons (Fsp3) is 0.273. The maximum Gasteiger partial charge on any atom is 0.0735 e. The second kappa shape index (κ2) is 12.6. The summed E-state index contributed by atoms with van der Waals surface area (Å²) in [5.41, 5.74) is 9.96. The average Bonchev–Trinajstić information content (AvgIpc) is 2.94. The van der Waals surface area contributed by atoms with E-state index in [1.165, 1.54) is 16.7 Å². The average molecular weight is 528 g/mol. The zero-order valence-electron chi connectivity index (χ0n) is 21.9. The predicted molar refractivity (Wildman–Crippen MR) is 156 cm³/mol. The molecule has 0 aromatic heterocycles. The first kappa shape index (κ1) is 26.5. The fourth-order valence-corrected chi connectivity index (χ4v) is 5.26. The number of ether oxygens (including phenoxy) is 3. The molecule has 0 amide bonds. The molecule has 0 fully saturated rings. The van der Waals surface area contributed by atoms with Gasteiger partial charge in [0.05, 0.1) is 45.3 Å². The van der Waals surface area contributed by atoms with Gasteiger partial charge in [-0.3, -0.25) is 0 Å². The summed E-state index contributed by atoms with van der Waals surface area (Å²) in [6, 6.07) is 20.8. The molecule has 0 N–H and O–H groups in total. The van der Waals surface area contributed by atoms with E-state index in [1.807, 2.05) is 12.1 Å². The van der Waals surface area contributed by atoms with E-state index in [9.17, 15) is 0 Å². The molecule has 3 heterocycles. The van der Waals surface area contributed by atoms with Crippen LogP contribution in [0.3, 0.4) is 0 Å². The van der Waals surface area contributed by atoms with Crippen LogP contribution in [0.5, 0.6) is 0 Å². The van der Waals surface area contributed by atoms with Gasteiger partial charge in [0.25, 0.3) is 0 Å². The molecule has 0 saturated carbocycles. The molecule has 4 nitrogen and oxygen atoms in total. The van der Waals surface area contributed by atoms with Gasteiger partial charge in [0.15, 0.2) is 0 Å². The number of rotatable bonds is 7. The monoisotopic (exact) mass is 527 g/mol. The minimum absolute atomic E-state index is 0.506. The standard InChI is InChI=1S/C33H34ClNO3/c1-24-17-26(20-36-18-24)13-14-27-21-38-22-28(32(27)34)15-16-29-23-37-19-25(2)33(29)35(30-9-5-3-6-10-30)31-11-7-4-8-12-31/h3-13,15,17H,2,14,16,18-23H2,1H3/b26-13-,28-15+. The number of anilines is 2. The van der Waals surface area contributed by atoms with Gasteiger partial charge >= 0.3 is 0 Å². The van der Waals surface area contributed by atoms with Crippen molar-refractivity contribution in [2.24, 2.45) is 0 Å². The fourth-order valence-electron chi connectivity index (χ4n) is 5.00. The van der Waals surface area contributed by atoms with Gasteiger partial charge in [-0.15, -0.1) is 0 Å². The van der Waals surface area contributed by atoms with Crippen molar-refractivity contribution in [2.75, 3.05) is 44.5 Å². The number of nitrogens with zero attached hydrogens (tertiary/aromatic N) is 1. The van der Waals surface area contributed by atoms with E-state index >= 15 is 0 Å². The van der Waals surface area contributed by atoms with Crippen LogP contribution in [0.15, 0.2) is 130 Å². The summed E-state index contributed by atoms with van der Waals surface area (Å²) in [5, 5.41) is 0.811. The smallest absolute Gasteiger partial charge is 0.0735 e. The van der Waals surface area contributed by atoms with Gasteiger partial charge in [-0.05, 0) is 77.5 Å². The van der Waals surface area contributed by atoms with E-state index in [-0.39, 0.29) is 0 Å². The van der Waals surface area contributed by atoms with Crippen LogP contribution in [-0.2, 0) is 14.2 Å². The van der Waals surface area contributed by atoms with Crippen LogP contribution < -0.4 is 4.90 Å². The van der Waals surface area contributed by atoms with Crippen LogP contribution in [0, 0.1) is 0 Å². The highest BCUT2D eigenvalue weighted by Crippen LogP contribution is 2.37. The van der Waals surface area contributed by atoms with Crippen molar-refractivity contribution < 1.29 is 14.2 Å². The van der Waals surface area contributed by atoms with E-state index in [0.717, 1.165) is 45.2 Å². The Morgan fingerprint density at radius 2 is 1.37 bits per heavy atom. The molecular weight excluding hydrogens is 494 g/mol. The van der Waals surface area contributed by atoms with Crippen LogP contribution in [0.1, 0.15) is 19.8 Å². The van der Waals surface area contributed by atoms with E-state index in [2.05, 4.69) is 85.2 Å². The molecule has 196 valence electrons. The lowest BCUT2D eigenvalue weighted by Gasteiger charge is -2.34. The van der Waals surface area contributed by atoms with Crippen molar-refractivity contribution in [3.8, 4) is 0 Å². The lowest BCUT2D eigenvalue weighted by atomic mass is 9.98. The molecule has 0 atom stereocenters. The van der Waals surface area contributed by atoms with Crippen LogP contribution in [0.4, 0.5) is 11.4 Å². The lowest BCUT2D eigenvalue weighted by Crippen LogP contribution is -2.26. The molecule has 2 aromatic carbocycles. The first-order valence-electron chi connectivity index (χ1n) is 13.1. The highest BCUT2D eigenvalue weighted by atomic mass is 35.5. The zero-order valence-corrected chi connectivity index (χ0v) is 22.7. The minimum atomic E-state index is 0.506. The van der Waals surface area contributed by atoms with E-state index in [4.69, 9.17) is 25.8 Å². The molecule has 0 radical (unpaired) electrons. The molecule has 3 aliphatic rings. The van der Waals surface area contributed by atoms with Gasteiger partial charge < -0.3 is 19.1 Å². The largest absolute Gasteiger partial charge is 0.372 e. The quantitative estimate of drug-likeness (QED) is 0.367. The summed E-state index contributed by atoms with van der Waals surface area (Å²) in [7, 11) is 0. The van der Waals surface area contributed by atoms with Crippen molar-refractivity contribution >= 4 is 23.0 Å². The number of halogens is 1. The van der Waals surface area contributed by atoms with Gasteiger partial charge in [-0.25, -0.2) is 0 Å². The Bertz CT molecular complexity index is 1280. The number of allylic oxidation sites excluding steroid dienone is 2. The molecule has 3 aliphatic heterocycles. The number of hydrogen-bond donors (Lipinski definition) is 0. The van der Waals surface area contributed by atoms with Gasteiger partial charge in [0.2, 0.25) is 0 Å². The highest BCUT2D eigenvalue weighted by molar-refractivity contribution is 6.32. The first-order valence-corrected chi connectivity index (χ1v) is 13.4. The summed E-state index contributed by atoms with van der Waals surface area (Å²) >= 11 is 6.91. The normalized spacial score (nSPS) is 20.8. The molecule has 5 heteroatoms. The Balaban J connectivity index is 1.45. The Morgan fingerprint density at radius 1 is 0.763 bits per heavy atom. The Labute approximate surface area is 230 Å². The maximum atomic E-state index is 6.91. The van der Waals surface area contributed by atoms with Crippen molar-refractivity contribution in [3.63, 3.8) is 0 Å². The molecular formula is C33H34ClNO3. The Hall–Kier alpha value is -3.15. The molecule has 0 bridgehead atoms. The SMILES string of the molecule is C=C1COCC(C/C=C2\COCC(C/C=C3/C=C(C)COC3)=C2Cl)=C1N(c1ccccc1)c1ccccc1. The first-order chi connectivity index (χ1) is 18.6. The van der Waals surface area contributed by atoms with Crippen molar-refractivity contribution in [2.45, 2.75) is 19.8 Å². The maximum absolute atomic E-state index is 6.91. The van der Waals surface area contributed by atoms with E-state index in [0.29, 0.717) is 46.1 Å². The summed E-state index contributed by atoms with van der Waals surface area (Å²) in [6.45, 7) is 9.93. The second-order valence-electron chi connectivity index (χ2n) is 9.87. The van der Waals surface area contributed by atoms with Crippen molar-refractivity contribution in [1.29, 1.82) is 0 Å². The third-order valence-electron chi connectivity index (χ3n) is 6.84. The third-order valence-corrected chi connectivity index (χ3v) is 7.35. The van der Waals surface area contributed by atoms with E-state index < -0.39 is 0 Å². The topological polar surface area (TPSA) is 30.9 Å². The summed E-state index contributed by atoms with van der Waals surface area (Å²) in [5.74, 6) is 0. The molecule has 0 aliphatic carbocycles.